The monoisotopic (exact) mass is 628 g/mol. The maximum Gasteiger partial charge on any atom is 0.192 e. The third-order valence-electron chi connectivity index (χ3n) is 8.73. The van der Waals surface area contributed by atoms with Crippen molar-refractivity contribution in [3.8, 4) is 28.4 Å². The summed E-state index contributed by atoms with van der Waals surface area (Å²) in [6.45, 7) is 22.7. The Morgan fingerprint density at radius 3 is 2.53 bits per heavy atom. The molecule has 1 unspecified atom stereocenters. The zero-order valence-corrected chi connectivity index (χ0v) is 29.3. The zero-order chi connectivity index (χ0) is 31.5. The average molecular weight is 629 g/mol. The number of nitrogens with one attached hydrogen (secondary N) is 1. The first kappa shape index (κ1) is 33.4. The smallest absolute Gasteiger partial charge is 0.192 e. The van der Waals surface area contributed by atoms with Crippen LogP contribution in [0.5, 0.6) is 5.75 Å². The quantitative estimate of drug-likeness (QED) is 0.210. The summed E-state index contributed by atoms with van der Waals surface area (Å²) in [7, 11) is -1.94. The molecule has 43 heavy (non-hydrogen) atoms. The number of hydrogen-bond acceptors (Lipinski definition) is 8. The summed E-state index contributed by atoms with van der Waals surface area (Å²) in [5, 5.41) is 8.55. The minimum atomic E-state index is -1.94. The minimum absolute atomic E-state index is 0.0180. The Morgan fingerprint density at radius 1 is 1.16 bits per heavy atom. The van der Waals surface area contributed by atoms with Crippen molar-refractivity contribution >= 4 is 25.7 Å². The number of ether oxygens (including phenoxy) is 2. The molecule has 3 aromatic rings. The number of halogens is 1. The van der Waals surface area contributed by atoms with Gasteiger partial charge in [0.05, 0.1) is 34.2 Å². The summed E-state index contributed by atoms with van der Waals surface area (Å²) in [5.74, 6) is 2.70. The number of aryl methyl sites for hydroxylation is 2. The molecular weight excluding hydrogens is 580 g/mol. The second kappa shape index (κ2) is 13.7. The van der Waals surface area contributed by atoms with E-state index in [1.165, 1.54) is 0 Å². The number of anilines is 1. The van der Waals surface area contributed by atoms with Crippen LogP contribution in [0.15, 0.2) is 22.7 Å². The standard InChI is InChI=1S/C33H49ClN4O4Si/c1-11-12-26(42-43(9,10)33(6,7)8)19-40-25-13-14-28(34)27(18-25)32-36-30(29-22(4)38-41-23(29)5)21(3)31(37-32)35-24-15-16-39-20(2)17-24/h13-14,18,20,24,26H,11-12,15-17,19H2,1-10H3,(H,35,36,37)/t20-,24-,26?/m1/s1. The van der Waals surface area contributed by atoms with Crippen molar-refractivity contribution in [3.05, 3.63) is 40.2 Å². The first-order valence-electron chi connectivity index (χ1n) is 15.5. The van der Waals surface area contributed by atoms with Gasteiger partial charge in [0.2, 0.25) is 0 Å². The maximum absolute atomic E-state index is 6.80. The molecule has 3 heterocycles. The summed E-state index contributed by atoms with van der Waals surface area (Å²) < 4.78 is 24.4. The molecule has 0 amide bonds. The molecule has 1 saturated heterocycles. The number of hydrogen-bond donors (Lipinski definition) is 1. The molecule has 4 rings (SSSR count). The van der Waals surface area contributed by atoms with Crippen LogP contribution >= 0.6 is 11.6 Å². The fourth-order valence-corrected chi connectivity index (χ4v) is 6.79. The highest BCUT2D eigenvalue weighted by molar-refractivity contribution is 6.74. The lowest BCUT2D eigenvalue weighted by atomic mass is 10.0. The van der Waals surface area contributed by atoms with Crippen molar-refractivity contribution in [2.24, 2.45) is 0 Å². The van der Waals surface area contributed by atoms with Crippen LogP contribution in [0, 0.1) is 20.8 Å². The first-order valence-corrected chi connectivity index (χ1v) is 18.8. The predicted molar refractivity (Wildman–Crippen MR) is 177 cm³/mol. The van der Waals surface area contributed by atoms with Gasteiger partial charge in [-0.25, -0.2) is 9.97 Å². The van der Waals surface area contributed by atoms with Crippen molar-refractivity contribution < 1.29 is 18.4 Å². The second-order valence-corrected chi connectivity index (χ2v) is 18.5. The van der Waals surface area contributed by atoms with Crippen molar-refractivity contribution in [1.29, 1.82) is 0 Å². The van der Waals surface area contributed by atoms with Gasteiger partial charge in [-0.1, -0.05) is 50.9 Å². The van der Waals surface area contributed by atoms with E-state index < -0.39 is 8.32 Å². The van der Waals surface area contributed by atoms with Gasteiger partial charge in [0.15, 0.2) is 14.1 Å². The molecule has 0 bridgehead atoms. The van der Waals surface area contributed by atoms with Crippen LogP contribution in [0.1, 0.15) is 77.3 Å². The van der Waals surface area contributed by atoms with Crippen LogP contribution in [-0.2, 0) is 9.16 Å². The van der Waals surface area contributed by atoms with E-state index in [0.29, 0.717) is 34.5 Å². The van der Waals surface area contributed by atoms with Crippen LogP contribution in [-0.4, -0.2) is 54.9 Å². The normalized spacial score (nSPS) is 18.5. The molecule has 2 aromatic heterocycles. The Labute approximate surface area is 263 Å². The van der Waals surface area contributed by atoms with E-state index in [1.807, 2.05) is 39.0 Å². The summed E-state index contributed by atoms with van der Waals surface area (Å²) in [6.07, 6.45) is 3.98. The highest BCUT2D eigenvalue weighted by Gasteiger charge is 2.39. The third-order valence-corrected chi connectivity index (χ3v) is 13.6. The van der Waals surface area contributed by atoms with Crippen LogP contribution < -0.4 is 10.1 Å². The van der Waals surface area contributed by atoms with E-state index in [0.717, 1.165) is 60.6 Å². The van der Waals surface area contributed by atoms with Crippen LogP contribution in [0.2, 0.25) is 23.2 Å². The molecule has 1 N–H and O–H groups in total. The molecule has 236 valence electrons. The first-order chi connectivity index (χ1) is 20.2. The summed E-state index contributed by atoms with van der Waals surface area (Å²) in [4.78, 5) is 10.1. The van der Waals surface area contributed by atoms with Gasteiger partial charge in [0.25, 0.3) is 0 Å². The number of nitrogens with zero attached hydrogens (tertiary/aromatic N) is 3. The lowest BCUT2D eigenvalue weighted by Gasteiger charge is -2.39. The number of rotatable bonds is 11. The number of aromatic nitrogens is 3. The van der Waals surface area contributed by atoms with E-state index >= 15 is 0 Å². The molecule has 1 aliphatic heterocycles. The van der Waals surface area contributed by atoms with Gasteiger partial charge in [-0.05, 0) is 83.3 Å². The van der Waals surface area contributed by atoms with Crippen molar-refractivity contribution in [1.82, 2.24) is 15.1 Å². The third kappa shape index (κ3) is 7.98. The molecule has 1 fully saturated rings. The van der Waals surface area contributed by atoms with E-state index in [-0.39, 0.29) is 23.3 Å². The topological polar surface area (TPSA) is 91.5 Å². The van der Waals surface area contributed by atoms with Crippen LogP contribution in [0.4, 0.5) is 5.82 Å². The zero-order valence-electron chi connectivity index (χ0n) is 27.6. The summed E-state index contributed by atoms with van der Waals surface area (Å²) in [5.41, 5.74) is 4.07. The molecule has 0 aliphatic carbocycles. The molecule has 10 heteroatoms. The van der Waals surface area contributed by atoms with Gasteiger partial charge in [0, 0.05) is 23.8 Å². The number of benzene rings is 1. The fraction of sp³-hybridized carbons (Fsp3) is 0.606. The molecule has 0 spiro atoms. The minimum Gasteiger partial charge on any atom is -0.491 e. The van der Waals surface area contributed by atoms with Gasteiger partial charge in [-0.3, -0.25) is 0 Å². The Morgan fingerprint density at radius 2 is 1.91 bits per heavy atom. The summed E-state index contributed by atoms with van der Waals surface area (Å²) >= 11 is 6.80. The summed E-state index contributed by atoms with van der Waals surface area (Å²) in [6, 6.07) is 5.92. The van der Waals surface area contributed by atoms with Crippen LogP contribution in [0.25, 0.3) is 22.6 Å². The molecule has 0 radical (unpaired) electrons. The van der Waals surface area contributed by atoms with E-state index in [1.54, 1.807) is 0 Å². The Kier molecular flexibility index (Phi) is 10.6. The molecule has 0 saturated carbocycles. The molecule has 1 aromatic carbocycles. The molecule has 1 aliphatic rings. The SMILES string of the molecule is CCCC(COc1ccc(Cl)c(-c2nc(N[C@@H]3CCO[C@H](C)C3)c(C)c(-c3c(C)noc3C)n2)c1)O[Si](C)(C)C(C)(C)C. The lowest BCUT2D eigenvalue weighted by molar-refractivity contribution is 0.0231. The van der Waals surface area contributed by atoms with Crippen molar-refractivity contribution in [2.45, 2.75) is 117 Å². The van der Waals surface area contributed by atoms with E-state index in [9.17, 15) is 0 Å². The van der Waals surface area contributed by atoms with Gasteiger partial charge < -0.3 is 23.7 Å². The molecular formula is C33H49ClN4O4Si. The Balaban J connectivity index is 1.68. The van der Waals surface area contributed by atoms with Gasteiger partial charge in [0.1, 0.15) is 23.9 Å². The Bertz CT molecular complexity index is 1380. The van der Waals surface area contributed by atoms with Gasteiger partial charge in [-0.15, -0.1) is 0 Å². The average Bonchev–Trinajstić information content (AvgIpc) is 3.26. The van der Waals surface area contributed by atoms with Crippen molar-refractivity contribution in [2.75, 3.05) is 18.5 Å². The largest absolute Gasteiger partial charge is 0.491 e. The maximum atomic E-state index is 6.80. The van der Waals surface area contributed by atoms with E-state index in [4.69, 9.17) is 40.0 Å². The van der Waals surface area contributed by atoms with Crippen molar-refractivity contribution in [3.63, 3.8) is 0 Å². The van der Waals surface area contributed by atoms with E-state index in [2.05, 4.69) is 58.2 Å². The second-order valence-electron chi connectivity index (χ2n) is 13.4. The predicted octanol–water partition coefficient (Wildman–Crippen LogP) is 8.93. The van der Waals surface area contributed by atoms with Gasteiger partial charge >= 0.3 is 0 Å². The Hall–Kier alpha value is -2.46. The fourth-order valence-electron chi connectivity index (χ4n) is 5.21. The molecule has 3 atom stereocenters. The molecule has 8 nitrogen and oxygen atoms in total. The highest BCUT2D eigenvalue weighted by Crippen LogP contribution is 2.39. The van der Waals surface area contributed by atoms with Gasteiger partial charge in [-0.2, -0.15) is 0 Å². The van der Waals surface area contributed by atoms with Crippen LogP contribution in [0.3, 0.4) is 0 Å². The highest BCUT2D eigenvalue weighted by atomic mass is 35.5. The lowest BCUT2D eigenvalue weighted by Crippen LogP contribution is -2.45.